The number of hydrogen-bond donors (Lipinski definition) is 1. The first-order valence-corrected chi connectivity index (χ1v) is 12.5. The number of amides is 1. The maximum atomic E-state index is 12.7. The quantitative estimate of drug-likeness (QED) is 0.597. The third-order valence-electron chi connectivity index (χ3n) is 4.93. The van der Waals surface area contributed by atoms with Crippen molar-refractivity contribution in [3.05, 3.63) is 27.7 Å². The van der Waals surface area contributed by atoms with Gasteiger partial charge in [-0.3, -0.25) is 4.79 Å². The molecule has 0 saturated carbocycles. The standard InChI is InChI=1S/C18H23BrN2O5S2/c1-18(28(2,23)24,17(22)21-26-16-5-3-4-10-25-16)9-8-15-20-13-7-6-12(19)11-14(13)27-15/h6-7,11,16H,3-5,8-10H2,1-2H3,(H,21,22). The second-order valence-corrected chi connectivity index (χ2v) is 11.5. The van der Waals surface area contributed by atoms with Crippen LogP contribution in [0, 0.1) is 0 Å². The number of benzene rings is 1. The van der Waals surface area contributed by atoms with Crippen LogP contribution in [0.4, 0.5) is 0 Å². The van der Waals surface area contributed by atoms with E-state index in [1.165, 1.54) is 18.3 Å². The van der Waals surface area contributed by atoms with Gasteiger partial charge in [0, 0.05) is 30.2 Å². The van der Waals surface area contributed by atoms with Gasteiger partial charge in [-0.05, 0) is 44.4 Å². The number of ether oxygens (including phenoxy) is 1. The van der Waals surface area contributed by atoms with Gasteiger partial charge in [-0.1, -0.05) is 15.9 Å². The molecule has 1 N–H and O–H groups in total. The third-order valence-corrected chi connectivity index (χ3v) is 8.53. The van der Waals surface area contributed by atoms with Crippen LogP contribution in [0.15, 0.2) is 22.7 Å². The number of thiazole rings is 1. The zero-order valence-electron chi connectivity index (χ0n) is 15.7. The minimum Gasteiger partial charge on any atom is -0.350 e. The van der Waals surface area contributed by atoms with Crippen LogP contribution in [0.1, 0.15) is 37.6 Å². The van der Waals surface area contributed by atoms with Gasteiger partial charge in [0.05, 0.1) is 15.2 Å². The fraction of sp³-hybridized carbons (Fsp3) is 0.556. The van der Waals surface area contributed by atoms with Gasteiger partial charge in [0.2, 0.25) is 0 Å². The number of hydrogen-bond acceptors (Lipinski definition) is 7. The molecule has 1 aromatic heterocycles. The fourth-order valence-corrected chi connectivity index (χ4v) is 5.27. The largest absolute Gasteiger partial charge is 0.350 e. The molecule has 2 atom stereocenters. The van der Waals surface area contributed by atoms with Crippen LogP contribution in [0.2, 0.25) is 0 Å². The number of aromatic nitrogens is 1. The fourth-order valence-electron chi connectivity index (χ4n) is 2.90. The lowest BCUT2D eigenvalue weighted by molar-refractivity contribution is -0.201. The Morgan fingerprint density at radius 1 is 1.46 bits per heavy atom. The Morgan fingerprint density at radius 3 is 2.93 bits per heavy atom. The van der Waals surface area contributed by atoms with Crippen molar-refractivity contribution in [2.45, 2.75) is 50.1 Å². The zero-order chi connectivity index (χ0) is 20.4. The van der Waals surface area contributed by atoms with Crippen molar-refractivity contribution in [1.29, 1.82) is 0 Å². The highest BCUT2D eigenvalue weighted by Gasteiger charge is 2.44. The summed E-state index contributed by atoms with van der Waals surface area (Å²) in [5, 5.41) is 0.785. The lowest BCUT2D eigenvalue weighted by atomic mass is 10.0. The molecule has 0 radical (unpaired) electrons. The van der Waals surface area contributed by atoms with Crippen molar-refractivity contribution in [2.75, 3.05) is 12.9 Å². The molecule has 10 heteroatoms. The summed E-state index contributed by atoms with van der Waals surface area (Å²) >= 11 is 4.92. The first kappa shape index (κ1) is 21.6. The van der Waals surface area contributed by atoms with Crippen molar-refractivity contribution in [3.63, 3.8) is 0 Å². The molecule has 3 rings (SSSR count). The average Bonchev–Trinajstić information content (AvgIpc) is 3.06. The summed E-state index contributed by atoms with van der Waals surface area (Å²) in [5.41, 5.74) is 3.16. The van der Waals surface area contributed by atoms with Gasteiger partial charge in [0.15, 0.2) is 16.1 Å². The van der Waals surface area contributed by atoms with Gasteiger partial charge < -0.3 is 4.74 Å². The molecule has 154 valence electrons. The van der Waals surface area contributed by atoms with Crippen LogP contribution in [0.3, 0.4) is 0 Å². The van der Waals surface area contributed by atoms with E-state index in [2.05, 4.69) is 26.4 Å². The molecule has 28 heavy (non-hydrogen) atoms. The maximum absolute atomic E-state index is 12.7. The minimum absolute atomic E-state index is 0.105. The van der Waals surface area contributed by atoms with Gasteiger partial charge in [-0.25, -0.2) is 23.7 Å². The molecule has 2 heterocycles. The van der Waals surface area contributed by atoms with Gasteiger partial charge >= 0.3 is 0 Å². The summed E-state index contributed by atoms with van der Waals surface area (Å²) in [5.74, 6) is -0.687. The maximum Gasteiger partial charge on any atom is 0.264 e. The first-order chi connectivity index (χ1) is 13.2. The summed E-state index contributed by atoms with van der Waals surface area (Å²) in [7, 11) is -3.69. The van der Waals surface area contributed by atoms with E-state index in [-0.39, 0.29) is 6.42 Å². The molecule has 1 aromatic carbocycles. The Kier molecular flexibility index (Phi) is 6.76. The van der Waals surface area contributed by atoms with Crippen LogP contribution >= 0.6 is 27.3 Å². The van der Waals surface area contributed by atoms with Crippen LogP contribution in [0.25, 0.3) is 10.2 Å². The number of aryl methyl sites for hydroxylation is 1. The Balaban J connectivity index is 1.70. The van der Waals surface area contributed by atoms with E-state index in [0.29, 0.717) is 19.4 Å². The smallest absolute Gasteiger partial charge is 0.264 e. The lowest BCUT2D eigenvalue weighted by Crippen LogP contribution is -2.51. The SMILES string of the molecule is CC(CCc1nc2ccc(Br)cc2s1)(C(=O)NOC1CCCCO1)S(C)(=O)=O. The van der Waals surface area contributed by atoms with Crippen molar-refractivity contribution in [2.24, 2.45) is 0 Å². The summed E-state index contributed by atoms with van der Waals surface area (Å²) in [6.45, 7) is 1.99. The Bertz CT molecular complexity index is 956. The highest BCUT2D eigenvalue weighted by atomic mass is 79.9. The number of fused-ring (bicyclic) bond motifs is 1. The van der Waals surface area contributed by atoms with Crippen molar-refractivity contribution in [3.8, 4) is 0 Å². The minimum atomic E-state index is -3.69. The number of carbonyl (C=O) groups is 1. The topological polar surface area (TPSA) is 94.6 Å². The average molecular weight is 491 g/mol. The highest BCUT2D eigenvalue weighted by Crippen LogP contribution is 2.29. The molecule has 0 aliphatic carbocycles. The molecule has 0 bridgehead atoms. The predicted octanol–water partition coefficient (Wildman–Crippen LogP) is 3.37. The van der Waals surface area contributed by atoms with Crippen LogP contribution in [-0.2, 0) is 30.6 Å². The van der Waals surface area contributed by atoms with E-state index in [1.54, 1.807) is 0 Å². The summed E-state index contributed by atoms with van der Waals surface area (Å²) in [6.07, 6.45) is 3.56. The Labute approximate surface area is 176 Å². The van der Waals surface area contributed by atoms with Gasteiger partial charge in [-0.2, -0.15) is 0 Å². The van der Waals surface area contributed by atoms with Crippen LogP contribution in [-0.4, -0.2) is 43.2 Å². The number of rotatable bonds is 7. The van der Waals surface area contributed by atoms with Crippen molar-refractivity contribution >= 4 is 53.2 Å². The van der Waals surface area contributed by atoms with E-state index in [1.807, 2.05) is 18.2 Å². The van der Waals surface area contributed by atoms with E-state index in [4.69, 9.17) is 9.57 Å². The molecular formula is C18H23BrN2O5S2. The van der Waals surface area contributed by atoms with Crippen LogP contribution < -0.4 is 5.48 Å². The molecule has 1 amide bonds. The number of sulfone groups is 1. The number of nitrogens with zero attached hydrogens (tertiary/aromatic N) is 1. The number of halogens is 1. The van der Waals surface area contributed by atoms with E-state index < -0.39 is 26.8 Å². The second kappa shape index (κ2) is 8.74. The van der Waals surface area contributed by atoms with Crippen molar-refractivity contribution < 1.29 is 22.8 Å². The van der Waals surface area contributed by atoms with Gasteiger partial charge in [-0.15, -0.1) is 11.3 Å². The number of carbonyl (C=O) groups excluding carboxylic acids is 1. The molecule has 2 unspecified atom stereocenters. The molecule has 1 aliphatic rings. The molecule has 1 aliphatic heterocycles. The molecule has 1 saturated heterocycles. The third kappa shape index (κ3) is 4.91. The van der Waals surface area contributed by atoms with E-state index in [0.717, 1.165) is 38.8 Å². The Hall–Kier alpha value is -1.07. The second-order valence-electron chi connectivity index (χ2n) is 7.07. The molecule has 2 aromatic rings. The molecular weight excluding hydrogens is 468 g/mol. The molecule has 0 spiro atoms. The predicted molar refractivity (Wildman–Crippen MR) is 112 cm³/mol. The summed E-state index contributed by atoms with van der Waals surface area (Å²) < 4.78 is 30.6. The van der Waals surface area contributed by atoms with E-state index >= 15 is 0 Å². The van der Waals surface area contributed by atoms with Gasteiger partial charge in [0.25, 0.3) is 5.91 Å². The monoisotopic (exact) mass is 490 g/mol. The van der Waals surface area contributed by atoms with E-state index in [9.17, 15) is 13.2 Å². The zero-order valence-corrected chi connectivity index (χ0v) is 19.0. The lowest BCUT2D eigenvalue weighted by Gasteiger charge is -2.28. The van der Waals surface area contributed by atoms with Crippen molar-refractivity contribution in [1.82, 2.24) is 10.5 Å². The van der Waals surface area contributed by atoms with Gasteiger partial charge in [0.1, 0.15) is 4.75 Å². The summed E-state index contributed by atoms with van der Waals surface area (Å²) in [4.78, 5) is 22.5. The molecule has 1 fully saturated rings. The van der Waals surface area contributed by atoms with Crippen LogP contribution in [0.5, 0.6) is 0 Å². The Morgan fingerprint density at radius 2 is 2.25 bits per heavy atom. The molecule has 7 nitrogen and oxygen atoms in total. The number of nitrogens with one attached hydrogen (secondary N) is 1. The first-order valence-electron chi connectivity index (χ1n) is 9.01. The number of hydroxylamine groups is 1. The highest BCUT2D eigenvalue weighted by molar-refractivity contribution is 9.10. The normalized spacial score (nSPS) is 20.0. The summed E-state index contributed by atoms with van der Waals surface area (Å²) in [6, 6.07) is 5.78.